The summed E-state index contributed by atoms with van der Waals surface area (Å²) in [6.07, 6.45) is 2.90. The molecule has 10 N–H and O–H groups in total. The average molecular weight is 562 g/mol. The highest BCUT2D eigenvalue weighted by atomic mass is 28.3. The molecule has 214 valence electrons. The van der Waals surface area contributed by atoms with Gasteiger partial charge in [-0.3, -0.25) is 19.2 Å². The lowest BCUT2D eigenvalue weighted by molar-refractivity contribution is -0.137. The van der Waals surface area contributed by atoms with Gasteiger partial charge in [0.15, 0.2) is 0 Å². The molecule has 3 amide bonds. The summed E-state index contributed by atoms with van der Waals surface area (Å²) in [4.78, 5) is 55.5. The van der Waals surface area contributed by atoms with Crippen molar-refractivity contribution in [3.63, 3.8) is 0 Å². The van der Waals surface area contributed by atoms with E-state index in [4.69, 9.17) is 21.9 Å². The number of amides is 3. The minimum absolute atomic E-state index is 0.225. The third kappa shape index (κ3) is 9.26. The van der Waals surface area contributed by atoms with Crippen molar-refractivity contribution in [3.8, 4) is 5.75 Å². The Balaban J connectivity index is 2.10. The Morgan fingerprint density at radius 1 is 1.00 bits per heavy atom. The lowest BCUT2D eigenvalue weighted by Gasteiger charge is -2.22. The minimum atomic E-state index is -2.78. The molecule has 0 aliphatic carbocycles. The number of ether oxygens (including phenoxy) is 1. The van der Waals surface area contributed by atoms with Gasteiger partial charge in [0.2, 0.25) is 11.7 Å². The normalized spacial score (nSPS) is 13.2. The molecule has 0 saturated carbocycles. The molecule has 1 aromatic heterocycles. The number of methoxy groups -OCH3 is 1. The third-order valence-corrected chi connectivity index (χ3v) is 7.80. The van der Waals surface area contributed by atoms with E-state index in [9.17, 15) is 23.6 Å². The van der Waals surface area contributed by atoms with Crippen LogP contribution in [-0.4, -0.2) is 75.3 Å². The summed E-state index contributed by atoms with van der Waals surface area (Å²) in [6.45, 7) is 2.35. The molecule has 0 unspecified atom stereocenters. The predicted octanol–water partition coefficient (Wildman–Crippen LogP) is -0.492. The Labute approximate surface area is 228 Å². The maximum atomic E-state index is 13.1. The second-order valence-corrected chi connectivity index (χ2v) is 11.1. The van der Waals surface area contributed by atoms with Crippen molar-refractivity contribution < 1.29 is 28.4 Å². The van der Waals surface area contributed by atoms with Crippen molar-refractivity contribution >= 4 is 43.3 Å². The van der Waals surface area contributed by atoms with Gasteiger partial charge >= 0.3 is 8.84 Å². The lowest BCUT2D eigenvalue weighted by Crippen LogP contribution is -2.56. The first-order chi connectivity index (χ1) is 18.6. The third-order valence-electron chi connectivity index (χ3n) is 6.23. The number of primary amides is 1. The predicted molar refractivity (Wildman–Crippen MR) is 147 cm³/mol. The number of carbonyl (C=O) groups is 4. The largest absolute Gasteiger partial charge is 0.496 e. The molecule has 0 aliphatic rings. The van der Waals surface area contributed by atoms with Crippen LogP contribution in [0.5, 0.6) is 5.75 Å². The summed E-state index contributed by atoms with van der Waals surface area (Å²) >= 11 is 0. The van der Waals surface area contributed by atoms with Crippen LogP contribution in [0.25, 0.3) is 10.9 Å². The van der Waals surface area contributed by atoms with Crippen LogP contribution in [0.1, 0.15) is 55.9 Å². The van der Waals surface area contributed by atoms with Crippen LogP contribution < -0.4 is 37.6 Å². The van der Waals surface area contributed by atoms with E-state index in [1.165, 1.54) is 14.0 Å². The number of aromatic amines is 1. The molecule has 1 heterocycles. The fourth-order valence-electron chi connectivity index (χ4n) is 4.03. The molecule has 3 atom stereocenters. The number of hydrogen-bond donors (Lipinski definition) is 7. The number of benzene rings is 1. The van der Waals surface area contributed by atoms with Gasteiger partial charge in [0.25, 0.3) is 11.8 Å². The molecule has 0 saturated heterocycles. The van der Waals surface area contributed by atoms with E-state index in [0.717, 1.165) is 5.39 Å². The van der Waals surface area contributed by atoms with Crippen molar-refractivity contribution in [3.05, 3.63) is 30.0 Å². The lowest BCUT2D eigenvalue weighted by atomic mass is 10.1. The van der Waals surface area contributed by atoms with Gasteiger partial charge in [-0.1, -0.05) is 6.07 Å². The topological polar surface area (TPSA) is 225 Å². The highest BCUT2D eigenvalue weighted by Gasteiger charge is 2.30. The summed E-state index contributed by atoms with van der Waals surface area (Å²) in [6, 6.07) is 5.04. The number of ketones is 1. The van der Waals surface area contributed by atoms with Crippen LogP contribution in [0.3, 0.4) is 0 Å². The Bertz CT molecular complexity index is 1170. The maximum absolute atomic E-state index is 13.1. The molecular formula is C25H39N7O6Si. The Morgan fingerprint density at radius 2 is 1.64 bits per heavy atom. The van der Waals surface area contributed by atoms with Crippen molar-refractivity contribution in [1.82, 2.24) is 20.6 Å². The number of H-pyrrole nitrogens is 1. The number of unbranched alkanes of at least 4 members (excludes halogenated alkanes) is 2. The van der Waals surface area contributed by atoms with Crippen molar-refractivity contribution in [2.45, 2.75) is 63.2 Å². The van der Waals surface area contributed by atoms with Crippen molar-refractivity contribution in [1.29, 1.82) is 0 Å². The molecule has 2 rings (SSSR count). The Kier molecular flexibility index (Phi) is 12.7. The molecule has 39 heavy (non-hydrogen) atoms. The zero-order valence-electron chi connectivity index (χ0n) is 22.4. The summed E-state index contributed by atoms with van der Waals surface area (Å²) in [5.74, 6) is -2.45. The molecule has 0 bridgehead atoms. The number of Topliss-reactive ketones (excluding diaryl/α,β-unsaturated/α-hetero) is 1. The van der Waals surface area contributed by atoms with Gasteiger partial charge in [-0.25, -0.2) is 0 Å². The molecule has 0 radical (unpaired) electrons. The zero-order valence-corrected chi connectivity index (χ0v) is 23.4. The molecule has 0 aliphatic heterocycles. The monoisotopic (exact) mass is 561 g/mol. The van der Waals surface area contributed by atoms with Crippen LogP contribution in [0.15, 0.2) is 24.3 Å². The number of carbonyl (C=O) groups excluding carboxylic acids is 4. The highest BCUT2D eigenvalue weighted by molar-refractivity contribution is 6.45. The highest BCUT2D eigenvalue weighted by Crippen LogP contribution is 2.26. The van der Waals surface area contributed by atoms with Crippen LogP contribution in [0.4, 0.5) is 0 Å². The SMILES string of the molecule is COc1cccc2[nH]c(C(=O)N[C@@H](CCCCN)C(=O)N[C@@H](C)[Si](=O)N[C@@H](CCCCN)C(=O)C(N)=O)cc12. The number of rotatable bonds is 18. The molecule has 2 aromatic rings. The van der Waals surface area contributed by atoms with E-state index in [1.807, 2.05) is 0 Å². The summed E-state index contributed by atoms with van der Waals surface area (Å²) in [5.41, 5.74) is 16.3. The van der Waals surface area contributed by atoms with E-state index in [0.29, 0.717) is 56.5 Å². The van der Waals surface area contributed by atoms with Gasteiger partial charge < -0.3 is 47.0 Å². The first kappa shape index (κ1) is 31.6. The van der Waals surface area contributed by atoms with Crippen molar-refractivity contribution in [2.75, 3.05) is 20.2 Å². The van der Waals surface area contributed by atoms with Gasteiger partial charge in [-0.05, 0) is 76.7 Å². The number of fused-ring (bicyclic) bond motifs is 1. The maximum Gasteiger partial charge on any atom is 0.416 e. The van der Waals surface area contributed by atoms with Crippen LogP contribution >= 0.6 is 0 Å². The fraction of sp³-hybridized carbons (Fsp3) is 0.520. The van der Waals surface area contributed by atoms with E-state index in [-0.39, 0.29) is 12.1 Å². The standard InChI is InChI=1S/C25H39N7O6Si/c1-15(39(37)32-18(8-3-5-12-26)22(33)23(28)34)29-24(35)19(9-4-6-13-27)31-25(36)20-14-16-17(30-20)10-7-11-21(16)38-2/h7,10-11,14-15,18-19,30,32H,3-6,8-9,12-13,26-27H2,1-2H3,(H2,28,34)(H,29,35)(H,31,36)/t15-,18+,19+/m1/s1. The van der Waals surface area contributed by atoms with Gasteiger partial charge in [0.1, 0.15) is 17.5 Å². The molecule has 14 heteroatoms. The number of nitrogens with one attached hydrogen (secondary N) is 4. The van der Waals surface area contributed by atoms with E-state index in [1.54, 1.807) is 24.3 Å². The van der Waals surface area contributed by atoms with E-state index in [2.05, 4.69) is 20.6 Å². The fourth-order valence-corrected chi connectivity index (χ4v) is 5.18. The Morgan fingerprint density at radius 3 is 2.23 bits per heavy atom. The minimum Gasteiger partial charge on any atom is -0.496 e. The van der Waals surface area contributed by atoms with Gasteiger partial charge in [0.05, 0.1) is 18.8 Å². The first-order valence-electron chi connectivity index (χ1n) is 12.9. The number of hydrogen-bond acceptors (Lipinski definition) is 8. The zero-order chi connectivity index (χ0) is 28.9. The van der Waals surface area contributed by atoms with Gasteiger partial charge in [-0.2, -0.15) is 0 Å². The summed E-state index contributed by atoms with van der Waals surface area (Å²) < 4.78 is 18.3. The quantitative estimate of drug-likeness (QED) is 0.0707. The molecule has 1 aromatic carbocycles. The van der Waals surface area contributed by atoms with Gasteiger partial charge in [0, 0.05) is 10.9 Å². The first-order valence-corrected chi connectivity index (χ1v) is 14.4. The molecule has 0 spiro atoms. The van der Waals surface area contributed by atoms with Crippen molar-refractivity contribution in [2.24, 2.45) is 17.2 Å². The van der Waals surface area contributed by atoms with E-state index >= 15 is 0 Å². The summed E-state index contributed by atoms with van der Waals surface area (Å²) in [5, 5.41) is 6.12. The van der Waals surface area contributed by atoms with Crippen LogP contribution in [0.2, 0.25) is 0 Å². The number of nitrogens with two attached hydrogens (primary N) is 3. The smallest absolute Gasteiger partial charge is 0.416 e. The average Bonchev–Trinajstić information content (AvgIpc) is 3.36. The molecular weight excluding hydrogens is 522 g/mol. The molecule has 13 nitrogen and oxygen atoms in total. The Hall–Kier alpha value is -3.62. The molecule has 0 fully saturated rings. The van der Waals surface area contributed by atoms with Gasteiger partial charge in [-0.15, -0.1) is 0 Å². The second-order valence-electron chi connectivity index (χ2n) is 9.22. The summed E-state index contributed by atoms with van der Waals surface area (Å²) in [7, 11) is -1.25. The van der Waals surface area contributed by atoms with Crippen LogP contribution in [-0.2, 0) is 18.8 Å². The number of aromatic nitrogens is 1. The van der Waals surface area contributed by atoms with E-state index < -0.39 is 50.1 Å². The van der Waals surface area contributed by atoms with Crippen LogP contribution in [0, 0.1) is 0 Å². The second kappa shape index (κ2) is 15.7.